The van der Waals surface area contributed by atoms with Gasteiger partial charge in [0, 0.05) is 12.1 Å². The highest BCUT2D eigenvalue weighted by Gasteiger charge is 2.21. The molecule has 0 radical (unpaired) electrons. The number of rotatable bonds is 1. The van der Waals surface area contributed by atoms with Crippen molar-refractivity contribution in [3.05, 3.63) is 17.7 Å². The highest BCUT2D eigenvalue weighted by Crippen LogP contribution is 2.35. The van der Waals surface area contributed by atoms with Gasteiger partial charge >= 0.3 is 0 Å². The molecule has 0 aliphatic carbocycles. The smallest absolute Gasteiger partial charge is 0.163 e. The molecule has 0 amide bonds. The SMILES string of the molecule is N#Cc1cc2c(cc1N)OCC(CO)O2. The molecule has 1 heterocycles. The number of nitrogens with zero attached hydrogens (tertiary/aromatic N) is 1. The highest BCUT2D eigenvalue weighted by molar-refractivity contribution is 5.62. The number of aliphatic hydroxyl groups is 1. The Morgan fingerprint density at radius 3 is 3.00 bits per heavy atom. The fourth-order valence-electron chi connectivity index (χ4n) is 1.36. The van der Waals surface area contributed by atoms with Crippen LogP contribution in [-0.4, -0.2) is 24.4 Å². The third-order valence-corrected chi connectivity index (χ3v) is 2.16. The second-order valence-corrected chi connectivity index (χ2v) is 3.23. The van der Waals surface area contributed by atoms with Crippen LogP contribution in [0.15, 0.2) is 12.1 Å². The molecule has 0 saturated heterocycles. The summed E-state index contributed by atoms with van der Waals surface area (Å²) in [6.45, 7) is 0.167. The molecule has 1 aliphatic heterocycles. The summed E-state index contributed by atoms with van der Waals surface area (Å²) in [7, 11) is 0. The molecule has 15 heavy (non-hydrogen) atoms. The number of aliphatic hydroxyl groups excluding tert-OH is 1. The van der Waals surface area contributed by atoms with Gasteiger partial charge in [0.1, 0.15) is 12.7 Å². The number of hydrogen-bond acceptors (Lipinski definition) is 5. The Bertz CT molecular complexity index is 425. The third-order valence-electron chi connectivity index (χ3n) is 2.16. The zero-order chi connectivity index (χ0) is 10.8. The first-order valence-corrected chi connectivity index (χ1v) is 4.48. The molecule has 0 bridgehead atoms. The van der Waals surface area contributed by atoms with Crippen molar-refractivity contribution in [3.63, 3.8) is 0 Å². The van der Waals surface area contributed by atoms with Gasteiger partial charge in [-0.2, -0.15) is 5.26 Å². The number of anilines is 1. The average Bonchev–Trinajstić information content (AvgIpc) is 2.27. The van der Waals surface area contributed by atoms with Crippen molar-refractivity contribution in [1.29, 1.82) is 5.26 Å². The maximum absolute atomic E-state index is 8.90. The topological polar surface area (TPSA) is 88.5 Å². The van der Waals surface area contributed by atoms with Gasteiger partial charge in [0.2, 0.25) is 0 Å². The van der Waals surface area contributed by atoms with Crippen molar-refractivity contribution in [3.8, 4) is 17.6 Å². The van der Waals surface area contributed by atoms with Crippen LogP contribution in [0.4, 0.5) is 5.69 Å². The number of hydrogen-bond donors (Lipinski definition) is 2. The summed E-state index contributed by atoms with van der Waals surface area (Å²) in [4.78, 5) is 0. The van der Waals surface area contributed by atoms with Crippen LogP contribution in [0, 0.1) is 11.3 Å². The van der Waals surface area contributed by atoms with Gasteiger partial charge < -0.3 is 20.3 Å². The summed E-state index contributed by atoms with van der Waals surface area (Å²) in [6, 6.07) is 5.03. The maximum Gasteiger partial charge on any atom is 0.163 e. The van der Waals surface area contributed by atoms with E-state index in [9.17, 15) is 0 Å². The Morgan fingerprint density at radius 2 is 2.33 bits per heavy atom. The Kier molecular flexibility index (Phi) is 2.35. The second-order valence-electron chi connectivity index (χ2n) is 3.23. The molecule has 1 aromatic carbocycles. The van der Waals surface area contributed by atoms with Crippen molar-refractivity contribution < 1.29 is 14.6 Å². The first kappa shape index (κ1) is 9.62. The van der Waals surface area contributed by atoms with E-state index in [1.165, 1.54) is 6.07 Å². The van der Waals surface area contributed by atoms with Crippen molar-refractivity contribution in [2.75, 3.05) is 18.9 Å². The van der Waals surface area contributed by atoms with Crippen LogP contribution in [0.5, 0.6) is 11.5 Å². The van der Waals surface area contributed by atoms with E-state index in [1.54, 1.807) is 6.07 Å². The molecule has 5 heteroatoms. The number of ether oxygens (including phenoxy) is 2. The lowest BCUT2D eigenvalue weighted by atomic mass is 10.1. The molecule has 0 saturated carbocycles. The lowest BCUT2D eigenvalue weighted by molar-refractivity contribution is 0.0457. The van der Waals surface area contributed by atoms with E-state index in [4.69, 9.17) is 25.6 Å². The Hall–Kier alpha value is -1.93. The minimum atomic E-state index is -0.382. The highest BCUT2D eigenvalue weighted by atomic mass is 16.6. The molecular formula is C10H10N2O3. The van der Waals surface area contributed by atoms with Crippen LogP contribution in [0.1, 0.15) is 5.56 Å². The number of nitrogens with two attached hydrogens (primary N) is 1. The van der Waals surface area contributed by atoms with Crippen molar-refractivity contribution >= 4 is 5.69 Å². The number of nitriles is 1. The Morgan fingerprint density at radius 1 is 1.53 bits per heavy atom. The predicted octanol–water partition coefficient (Wildman–Crippen LogP) is 0.273. The van der Waals surface area contributed by atoms with Crippen LogP contribution < -0.4 is 15.2 Å². The van der Waals surface area contributed by atoms with Crippen molar-refractivity contribution in [1.82, 2.24) is 0 Å². The van der Waals surface area contributed by atoms with Crippen LogP contribution in [0.3, 0.4) is 0 Å². The summed E-state index contributed by atoms with van der Waals surface area (Å²) in [5, 5.41) is 17.7. The Balaban J connectivity index is 2.38. The van der Waals surface area contributed by atoms with E-state index in [0.29, 0.717) is 22.7 Å². The van der Waals surface area contributed by atoms with E-state index in [1.807, 2.05) is 6.07 Å². The van der Waals surface area contributed by atoms with E-state index >= 15 is 0 Å². The van der Waals surface area contributed by atoms with Gasteiger partial charge in [0.25, 0.3) is 0 Å². The minimum absolute atomic E-state index is 0.119. The van der Waals surface area contributed by atoms with E-state index in [0.717, 1.165) is 0 Å². The number of fused-ring (bicyclic) bond motifs is 1. The normalized spacial score (nSPS) is 18.3. The molecule has 0 aromatic heterocycles. The fourth-order valence-corrected chi connectivity index (χ4v) is 1.36. The minimum Gasteiger partial charge on any atom is -0.486 e. The standard InChI is InChI=1S/C10H10N2O3/c11-3-6-1-10-9(2-8(6)12)14-5-7(4-13)15-10/h1-2,7,13H,4-5,12H2. The maximum atomic E-state index is 8.90. The van der Waals surface area contributed by atoms with Gasteiger partial charge in [-0.3, -0.25) is 0 Å². The average molecular weight is 206 g/mol. The van der Waals surface area contributed by atoms with Crippen molar-refractivity contribution in [2.24, 2.45) is 0 Å². The van der Waals surface area contributed by atoms with Gasteiger partial charge in [-0.25, -0.2) is 0 Å². The van der Waals surface area contributed by atoms with E-state index < -0.39 is 0 Å². The van der Waals surface area contributed by atoms with Gasteiger partial charge in [-0.15, -0.1) is 0 Å². The molecule has 3 N–H and O–H groups in total. The first-order chi connectivity index (χ1) is 7.24. The van der Waals surface area contributed by atoms with Crippen LogP contribution in [0.2, 0.25) is 0 Å². The molecule has 0 fully saturated rings. The molecule has 1 aliphatic rings. The number of benzene rings is 1. The fraction of sp³-hybridized carbons (Fsp3) is 0.300. The third kappa shape index (κ3) is 1.67. The van der Waals surface area contributed by atoms with Gasteiger partial charge in [0.15, 0.2) is 17.6 Å². The van der Waals surface area contributed by atoms with Crippen molar-refractivity contribution in [2.45, 2.75) is 6.10 Å². The quantitative estimate of drug-likeness (QED) is 0.644. The molecule has 1 aromatic rings. The summed E-state index contributed by atoms with van der Waals surface area (Å²) >= 11 is 0. The van der Waals surface area contributed by atoms with E-state index in [2.05, 4.69) is 0 Å². The molecule has 5 nitrogen and oxygen atoms in total. The van der Waals surface area contributed by atoms with Crippen LogP contribution in [-0.2, 0) is 0 Å². The molecular weight excluding hydrogens is 196 g/mol. The lowest BCUT2D eigenvalue weighted by Gasteiger charge is -2.25. The van der Waals surface area contributed by atoms with E-state index in [-0.39, 0.29) is 19.3 Å². The lowest BCUT2D eigenvalue weighted by Crippen LogP contribution is -2.32. The molecule has 1 unspecified atom stereocenters. The molecule has 0 spiro atoms. The van der Waals surface area contributed by atoms with Crippen LogP contribution >= 0.6 is 0 Å². The summed E-state index contributed by atoms with van der Waals surface area (Å²) < 4.78 is 10.7. The van der Waals surface area contributed by atoms with Gasteiger partial charge in [-0.05, 0) is 0 Å². The summed E-state index contributed by atoms with van der Waals surface area (Å²) in [5.41, 5.74) is 6.32. The van der Waals surface area contributed by atoms with Gasteiger partial charge in [0.05, 0.1) is 17.9 Å². The first-order valence-electron chi connectivity index (χ1n) is 4.48. The van der Waals surface area contributed by atoms with Gasteiger partial charge in [-0.1, -0.05) is 0 Å². The Labute approximate surface area is 86.6 Å². The largest absolute Gasteiger partial charge is 0.486 e. The van der Waals surface area contributed by atoms with Crippen LogP contribution in [0.25, 0.3) is 0 Å². The predicted molar refractivity (Wildman–Crippen MR) is 52.6 cm³/mol. The second kappa shape index (κ2) is 3.67. The molecule has 78 valence electrons. The summed E-state index contributed by atoms with van der Waals surface area (Å²) in [6.07, 6.45) is -0.382. The molecule has 1 atom stereocenters. The summed E-state index contributed by atoms with van der Waals surface area (Å²) in [5.74, 6) is 0.960. The zero-order valence-electron chi connectivity index (χ0n) is 7.93. The number of nitrogen functional groups attached to an aromatic ring is 1. The zero-order valence-corrected chi connectivity index (χ0v) is 7.93. The monoisotopic (exact) mass is 206 g/mol. The molecule has 2 rings (SSSR count).